The van der Waals surface area contributed by atoms with Gasteiger partial charge in [-0.2, -0.15) is 0 Å². The molecule has 3 aromatic rings. The van der Waals surface area contributed by atoms with Crippen LogP contribution in [0.4, 0.5) is 4.79 Å². The molecule has 0 bridgehead atoms. The Labute approximate surface area is 226 Å². The summed E-state index contributed by atoms with van der Waals surface area (Å²) in [5.41, 5.74) is 8.24. The Morgan fingerprint density at radius 2 is 1.61 bits per heavy atom. The van der Waals surface area contributed by atoms with Crippen LogP contribution in [0, 0.1) is 0 Å². The summed E-state index contributed by atoms with van der Waals surface area (Å²) in [5, 5.41) is 3.04. The zero-order valence-corrected chi connectivity index (χ0v) is 22.9. The van der Waals surface area contributed by atoms with E-state index in [9.17, 15) is 9.59 Å². The van der Waals surface area contributed by atoms with Gasteiger partial charge in [-0.3, -0.25) is 4.79 Å². The maximum atomic E-state index is 13.2. The van der Waals surface area contributed by atoms with Gasteiger partial charge in [0.15, 0.2) is 0 Å². The van der Waals surface area contributed by atoms with E-state index in [1.54, 1.807) is 0 Å². The number of nitrogens with zero attached hydrogens (tertiary/aromatic N) is 1. The van der Waals surface area contributed by atoms with E-state index >= 15 is 0 Å². The molecule has 1 atom stereocenters. The number of hydrogen-bond donors (Lipinski definition) is 1. The lowest BCUT2D eigenvalue weighted by molar-refractivity contribution is -0.130. The Morgan fingerprint density at radius 3 is 2.26 bits per heavy atom. The van der Waals surface area contributed by atoms with Crippen molar-refractivity contribution in [1.29, 1.82) is 0 Å². The molecule has 2 aliphatic carbocycles. The lowest BCUT2D eigenvalue weighted by Gasteiger charge is -2.29. The largest absolute Gasteiger partial charge is 0.444 e. The van der Waals surface area contributed by atoms with Gasteiger partial charge < -0.3 is 15.0 Å². The van der Waals surface area contributed by atoms with Gasteiger partial charge in [-0.25, -0.2) is 4.79 Å². The van der Waals surface area contributed by atoms with E-state index in [4.69, 9.17) is 4.74 Å². The second-order valence-electron chi connectivity index (χ2n) is 11.6. The zero-order chi connectivity index (χ0) is 26.9. The highest BCUT2D eigenvalue weighted by Gasteiger charge is 2.29. The van der Waals surface area contributed by atoms with Crippen LogP contribution >= 0.6 is 0 Å². The van der Waals surface area contributed by atoms with E-state index < -0.39 is 5.60 Å². The molecule has 1 unspecified atom stereocenters. The molecule has 0 aliphatic heterocycles. The molecule has 38 heavy (non-hydrogen) atoms. The van der Waals surface area contributed by atoms with E-state index in [1.807, 2.05) is 32.7 Å². The molecule has 2 aliphatic rings. The molecule has 0 saturated heterocycles. The molecule has 3 aromatic carbocycles. The van der Waals surface area contributed by atoms with Gasteiger partial charge in [-0.15, -0.1) is 0 Å². The van der Waals surface area contributed by atoms with Crippen LogP contribution in [0.3, 0.4) is 0 Å². The summed E-state index contributed by atoms with van der Waals surface area (Å²) in [7, 11) is 1.89. The molecule has 2 amide bonds. The maximum Gasteiger partial charge on any atom is 0.408 e. The minimum Gasteiger partial charge on any atom is -0.444 e. The van der Waals surface area contributed by atoms with Gasteiger partial charge >= 0.3 is 6.09 Å². The van der Waals surface area contributed by atoms with Crippen LogP contribution in [0.15, 0.2) is 66.7 Å². The van der Waals surface area contributed by atoms with Crippen LogP contribution in [0.25, 0.3) is 11.1 Å². The Kier molecular flexibility index (Phi) is 7.29. The van der Waals surface area contributed by atoms with Crippen LogP contribution in [0.1, 0.15) is 86.2 Å². The van der Waals surface area contributed by atoms with Gasteiger partial charge in [0.05, 0.1) is 6.04 Å². The molecule has 0 saturated carbocycles. The number of benzene rings is 3. The van der Waals surface area contributed by atoms with Crippen LogP contribution < -0.4 is 5.32 Å². The number of carbonyl (C=O) groups excluding carboxylic acids is 2. The molecule has 198 valence electrons. The highest BCUT2D eigenvalue weighted by Crippen LogP contribution is 2.46. The van der Waals surface area contributed by atoms with Crippen molar-refractivity contribution in [2.75, 3.05) is 7.05 Å². The average molecular weight is 511 g/mol. The maximum absolute atomic E-state index is 13.2. The minimum atomic E-state index is -0.521. The standard InChI is InChI=1S/C33H38N2O3/c1-33(2,3)38-32(37)34-30-15-9-10-23-20-22(16-17-24(23)30)21-35(4)31(36)19-18-29-27-13-7-5-11-25(27)26-12-6-8-14-28(26)29/h5-8,11-14,16-17,20,29-30H,9-10,15,18-19,21H2,1-4H3,(H,34,37). The number of aryl methyl sites for hydroxylation is 1. The monoisotopic (exact) mass is 510 g/mol. The fourth-order valence-corrected chi connectivity index (χ4v) is 5.96. The molecular weight excluding hydrogens is 472 g/mol. The molecule has 5 heteroatoms. The fraction of sp³-hybridized carbons (Fsp3) is 0.394. The minimum absolute atomic E-state index is 0.0424. The van der Waals surface area contributed by atoms with Crippen LogP contribution in [-0.4, -0.2) is 29.5 Å². The van der Waals surface area contributed by atoms with Crippen molar-refractivity contribution >= 4 is 12.0 Å². The van der Waals surface area contributed by atoms with Crippen molar-refractivity contribution in [2.24, 2.45) is 0 Å². The molecule has 0 radical (unpaired) electrons. The fourth-order valence-electron chi connectivity index (χ4n) is 5.96. The van der Waals surface area contributed by atoms with Gasteiger partial charge in [0.2, 0.25) is 5.91 Å². The Hall–Kier alpha value is -3.60. The molecule has 5 rings (SSSR count). The summed E-state index contributed by atoms with van der Waals surface area (Å²) in [6.07, 6.45) is 3.83. The van der Waals surface area contributed by atoms with Gasteiger partial charge in [-0.1, -0.05) is 66.7 Å². The highest BCUT2D eigenvalue weighted by molar-refractivity contribution is 5.80. The van der Waals surface area contributed by atoms with Gasteiger partial charge in [0.25, 0.3) is 0 Å². The quantitative estimate of drug-likeness (QED) is 0.383. The van der Waals surface area contributed by atoms with Crippen molar-refractivity contribution in [2.45, 2.75) is 77.0 Å². The number of amides is 2. The third-order valence-corrected chi connectivity index (χ3v) is 7.67. The van der Waals surface area contributed by atoms with Crippen molar-refractivity contribution in [3.63, 3.8) is 0 Å². The summed E-state index contributed by atoms with van der Waals surface area (Å²) < 4.78 is 5.46. The summed E-state index contributed by atoms with van der Waals surface area (Å²) in [6, 6.07) is 23.5. The van der Waals surface area contributed by atoms with Gasteiger partial charge in [0, 0.05) is 25.9 Å². The van der Waals surface area contributed by atoms with Crippen molar-refractivity contribution in [1.82, 2.24) is 10.2 Å². The summed E-state index contributed by atoms with van der Waals surface area (Å²) in [5.74, 6) is 0.423. The third-order valence-electron chi connectivity index (χ3n) is 7.67. The molecule has 0 fully saturated rings. The Bertz CT molecular complexity index is 1290. The van der Waals surface area contributed by atoms with Gasteiger partial charge in [0.1, 0.15) is 5.60 Å². The lowest BCUT2D eigenvalue weighted by Crippen LogP contribution is -2.36. The summed E-state index contributed by atoms with van der Waals surface area (Å²) >= 11 is 0. The number of alkyl carbamates (subject to hydrolysis) is 1. The number of ether oxygens (including phenoxy) is 1. The van der Waals surface area contributed by atoms with Gasteiger partial charge in [-0.05, 0) is 85.4 Å². The van der Waals surface area contributed by atoms with E-state index in [-0.39, 0.29) is 24.0 Å². The first-order valence-corrected chi connectivity index (χ1v) is 13.7. The third kappa shape index (κ3) is 5.62. The number of carbonyl (C=O) groups is 2. The molecule has 0 heterocycles. The van der Waals surface area contributed by atoms with Crippen molar-refractivity contribution < 1.29 is 14.3 Å². The first-order chi connectivity index (χ1) is 18.2. The van der Waals surface area contributed by atoms with E-state index in [0.717, 1.165) is 36.8 Å². The number of fused-ring (bicyclic) bond motifs is 4. The molecule has 1 N–H and O–H groups in total. The topological polar surface area (TPSA) is 58.6 Å². The predicted octanol–water partition coefficient (Wildman–Crippen LogP) is 7.14. The van der Waals surface area contributed by atoms with E-state index in [0.29, 0.717) is 13.0 Å². The van der Waals surface area contributed by atoms with Crippen LogP contribution in [-0.2, 0) is 22.5 Å². The molecule has 0 aromatic heterocycles. The Morgan fingerprint density at radius 1 is 0.947 bits per heavy atom. The lowest BCUT2D eigenvalue weighted by atomic mass is 9.86. The zero-order valence-electron chi connectivity index (χ0n) is 22.9. The van der Waals surface area contributed by atoms with Crippen molar-refractivity contribution in [3.05, 3.63) is 94.5 Å². The second-order valence-corrected chi connectivity index (χ2v) is 11.6. The van der Waals surface area contributed by atoms with E-state index in [1.165, 1.54) is 27.8 Å². The number of nitrogens with one attached hydrogen (secondary N) is 1. The van der Waals surface area contributed by atoms with Crippen molar-refractivity contribution in [3.8, 4) is 11.1 Å². The predicted molar refractivity (Wildman–Crippen MR) is 151 cm³/mol. The van der Waals surface area contributed by atoms with Crippen LogP contribution in [0.2, 0.25) is 0 Å². The normalized spacial score (nSPS) is 16.3. The second kappa shape index (κ2) is 10.6. The molecule has 0 spiro atoms. The Balaban J connectivity index is 1.21. The summed E-state index contributed by atoms with van der Waals surface area (Å²) in [4.78, 5) is 27.3. The average Bonchev–Trinajstić information content (AvgIpc) is 3.20. The first kappa shape index (κ1) is 26.0. The summed E-state index contributed by atoms with van der Waals surface area (Å²) in [6.45, 7) is 6.19. The molecule has 5 nitrogen and oxygen atoms in total. The SMILES string of the molecule is CN(Cc1ccc2c(c1)CCCC2NC(=O)OC(C)(C)C)C(=O)CCC1c2ccccc2-c2ccccc21. The first-order valence-electron chi connectivity index (χ1n) is 13.7. The van der Waals surface area contributed by atoms with Crippen LogP contribution in [0.5, 0.6) is 0 Å². The number of rotatable bonds is 6. The molecular formula is C33H38N2O3. The smallest absolute Gasteiger partial charge is 0.408 e. The highest BCUT2D eigenvalue weighted by atomic mass is 16.6. The van der Waals surface area contributed by atoms with E-state index in [2.05, 4.69) is 72.0 Å². The number of hydrogen-bond acceptors (Lipinski definition) is 3.